The SMILES string of the molecule is NCc1ccccc1Sc1ccc2nnc(-c3cc(Cl)ccc3CCc3ccccc3)n2c1. The third kappa shape index (κ3) is 4.81. The molecular weight excluding hydrogens is 448 g/mol. The smallest absolute Gasteiger partial charge is 0.168 e. The Labute approximate surface area is 202 Å². The Kier molecular flexibility index (Phi) is 6.44. The average Bonchev–Trinajstić information content (AvgIpc) is 3.27. The summed E-state index contributed by atoms with van der Waals surface area (Å²) in [6.07, 6.45) is 3.93. The predicted molar refractivity (Wildman–Crippen MR) is 136 cm³/mol. The fraction of sp³-hybridized carbons (Fsp3) is 0.111. The summed E-state index contributed by atoms with van der Waals surface area (Å²) in [6.45, 7) is 0.511. The van der Waals surface area contributed by atoms with Crippen LogP contribution in [0.4, 0.5) is 0 Å². The molecule has 0 fully saturated rings. The average molecular weight is 471 g/mol. The Morgan fingerprint density at radius 1 is 0.818 bits per heavy atom. The topological polar surface area (TPSA) is 56.2 Å². The lowest BCUT2D eigenvalue weighted by atomic mass is 9.99. The first kappa shape index (κ1) is 21.7. The van der Waals surface area contributed by atoms with Crippen molar-refractivity contribution in [1.82, 2.24) is 14.6 Å². The van der Waals surface area contributed by atoms with Crippen LogP contribution < -0.4 is 5.73 Å². The van der Waals surface area contributed by atoms with Crippen LogP contribution in [0.25, 0.3) is 17.0 Å². The van der Waals surface area contributed by atoms with Gasteiger partial charge in [0.15, 0.2) is 11.5 Å². The minimum Gasteiger partial charge on any atom is -0.326 e. The molecule has 2 N–H and O–H groups in total. The van der Waals surface area contributed by atoms with Gasteiger partial charge in [0.25, 0.3) is 0 Å². The van der Waals surface area contributed by atoms with E-state index in [1.54, 1.807) is 11.8 Å². The summed E-state index contributed by atoms with van der Waals surface area (Å²) < 4.78 is 2.05. The highest BCUT2D eigenvalue weighted by molar-refractivity contribution is 7.99. The molecule has 33 heavy (non-hydrogen) atoms. The van der Waals surface area contributed by atoms with Crippen molar-refractivity contribution in [2.45, 2.75) is 29.2 Å². The molecule has 0 aliphatic rings. The van der Waals surface area contributed by atoms with Gasteiger partial charge in [-0.3, -0.25) is 4.40 Å². The van der Waals surface area contributed by atoms with Crippen molar-refractivity contribution in [2.24, 2.45) is 5.73 Å². The Bertz CT molecular complexity index is 1400. The summed E-state index contributed by atoms with van der Waals surface area (Å²) in [5.74, 6) is 0.796. The lowest BCUT2D eigenvalue weighted by Gasteiger charge is -2.11. The summed E-state index contributed by atoms with van der Waals surface area (Å²) in [7, 11) is 0. The van der Waals surface area contributed by atoms with Crippen LogP contribution in [0.5, 0.6) is 0 Å². The number of hydrogen-bond donors (Lipinski definition) is 1. The van der Waals surface area contributed by atoms with Gasteiger partial charge in [0.1, 0.15) is 0 Å². The number of rotatable bonds is 7. The fourth-order valence-corrected chi connectivity index (χ4v) is 5.06. The van der Waals surface area contributed by atoms with E-state index in [4.69, 9.17) is 17.3 Å². The zero-order valence-electron chi connectivity index (χ0n) is 18.0. The second kappa shape index (κ2) is 9.79. The number of nitrogens with zero attached hydrogens (tertiary/aromatic N) is 3. The van der Waals surface area contributed by atoms with E-state index < -0.39 is 0 Å². The zero-order valence-corrected chi connectivity index (χ0v) is 19.6. The van der Waals surface area contributed by atoms with Crippen LogP contribution in [-0.4, -0.2) is 14.6 Å². The Balaban J connectivity index is 1.51. The molecular formula is C27H23ClN4S. The number of pyridine rings is 1. The number of hydrogen-bond acceptors (Lipinski definition) is 4. The molecule has 2 aromatic heterocycles. The summed E-state index contributed by atoms with van der Waals surface area (Å²) in [5.41, 5.74) is 11.4. The molecule has 0 saturated heterocycles. The third-order valence-corrected chi connectivity index (χ3v) is 6.96. The summed E-state index contributed by atoms with van der Waals surface area (Å²) >= 11 is 8.09. The lowest BCUT2D eigenvalue weighted by Crippen LogP contribution is -1.99. The third-order valence-electron chi connectivity index (χ3n) is 5.63. The van der Waals surface area contributed by atoms with E-state index in [0.29, 0.717) is 11.6 Å². The Morgan fingerprint density at radius 3 is 2.48 bits per heavy atom. The number of fused-ring (bicyclic) bond motifs is 1. The normalized spacial score (nSPS) is 11.2. The van der Waals surface area contributed by atoms with Gasteiger partial charge in [-0.05, 0) is 59.9 Å². The van der Waals surface area contributed by atoms with Crippen molar-refractivity contribution in [3.05, 3.63) is 113 Å². The van der Waals surface area contributed by atoms with E-state index in [1.807, 2.05) is 40.8 Å². The molecule has 4 nitrogen and oxygen atoms in total. The van der Waals surface area contributed by atoms with Gasteiger partial charge < -0.3 is 5.73 Å². The lowest BCUT2D eigenvalue weighted by molar-refractivity contribution is 0.956. The van der Waals surface area contributed by atoms with Crippen molar-refractivity contribution in [1.29, 1.82) is 0 Å². The van der Waals surface area contributed by atoms with Crippen LogP contribution in [0, 0.1) is 0 Å². The quantitative estimate of drug-likeness (QED) is 0.297. The van der Waals surface area contributed by atoms with Gasteiger partial charge in [-0.1, -0.05) is 78.0 Å². The molecule has 6 heteroatoms. The van der Waals surface area contributed by atoms with Crippen molar-refractivity contribution in [2.75, 3.05) is 0 Å². The maximum Gasteiger partial charge on any atom is 0.168 e. The van der Waals surface area contributed by atoms with Crippen LogP contribution in [0.2, 0.25) is 5.02 Å². The van der Waals surface area contributed by atoms with Gasteiger partial charge in [0.05, 0.1) is 0 Å². The van der Waals surface area contributed by atoms with Crippen molar-refractivity contribution in [3.63, 3.8) is 0 Å². The van der Waals surface area contributed by atoms with Gasteiger partial charge in [0.2, 0.25) is 0 Å². The number of halogens is 1. The standard InChI is InChI=1S/C27H23ClN4S/c28-22-13-12-20(11-10-19-6-2-1-3-7-19)24(16-22)27-31-30-26-15-14-23(18-32(26)27)33-25-9-5-4-8-21(25)17-29/h1-9,12-16,18H,10-11,17,29H2. The van der Waals surface area contributed by atoms with E-state index in [9.17, 15) is 0 Å². The van der Waals surface area contributed by atoms with Gasteiger partial charge in [-0.25, -0.2) is 0 Å². The molecule has 0 bridgehead atoms. The maximum atomic E-state index is 6.40. The van der Waals surface area contributed by atoms with Gasteiger partial charge in [-0.15, -0.1) is 10.2 Å². The van der Waals surface area contributed by atoms with Crippen LogP contribution in [0.1, 0.15) is 16.7 Å². The first-order valence-electron chi connectivity index (χ1n) is 10.8. The van der Waals surface area contributed by atoms with E-state index in [-0.39, 0.29) is 0 Å². The zero-order chi connectivity index (χ0) is 22.6. The molecule has 0 unspecified atom stereocenters. The highest BCUT2D eigenvalue weighted by atomic mass is 35.5. The molecule has 0 saturated carbocycles. The molecule has 0 spiro atoms. The minimum absolute atomic E-state index is 0.511. The highest BCUT2D eigenvalue weighted by Gasteiger charge is 2.14. The van der Waals surface area contributed by atoms with Gasteiger partial charge >= 0.3 is 0 Å². The first-order valence-corrected chi connectivity index (χ1v) is 12.0. The maximum absolute atomic E-state index is 6.40. The van der Waals surface area contributed by atoms with Crippen molar-refractivity contribution >= 4 is 29.0 Å². The molecule has 0 aliphatic heterocycles. The van der Waals surface area contributed by atoms with Crippen LogP contribution >= 0.6 is 23.4 Å². The van der Waals surface area contributed by atoms with E-state index >= 15 is 0 Å². The number of benzene rings is 3. The second-order valence-corrected chi connectivity index (χ2v) is 9.37. The summed E-state index contributed by atoms with van der Waals surface area (Å²) in [5, 5.41) is 9.62. The summed E-state index contributed by atoms with van der Waals surface area (Å²) in [6, 6.07) is 28.8. The number of aryl methyl sites for hydroxylation is 2. The molecule has 0 aliphatic carbocycles. The molecule has 0 atom stereocenters. The largest absolute Gasteiger partial charge is 0.326 e. The van der Waals surface area contributed by atoms with Crippen molar-refractivity contribution in [3.8, 4) is 11.4 Å². The van der Waals surface area contributed by atoms with E-state index in [1.165, 1.54) is 11.1 Å². The molecule has 5 aromatic rings. The molecule has 3 aromatic carbocycles. The van der Waals surface area contributed by atoms with Crippen LogP contribution in [-0.2, 0) is 19.4 Å². The van der Waals surface area contributed by atoms with Crippen LogP contribution in [0.3, 0.4) is 0 Å². The van der Waals surface area contributed by atoms with Gasteiger partial charge in [0, 0.05) is 33.1 Å². The second-order valence-electron chi connectivity index (χ2n) is 7.82. The highest BCUT2D eigenvalue weighted by Crippen LogP contribution is 2.32. The predicted octanol–water partition coefficient (Wildman–Crippen LogP) is 6.44. The molecule has 0 radical (unpaired) electrons. The molecule has 2 heterocycles. The molecule has 164 valence electrons. The monoisotopic (exact) mass is 470 g/mol. The van der Waals surface area contributed by atoms with E-state index in [2.05, 4.69) is 64.9 Å². The first-order chi connectivity index (χ1) is 16.2. The Hall–Kier alpha value is -3.12. The molecule has 5 rings (SSSR count). The number of aromatic nitrogens is 3. The van der Waals surface area contributed by atoms with Crippen molar-refractivity contribution < 1.29 is 0 Å². The fourth-order valence-electron chi connectivity index (χ4n) is 3.91. The number of nitrogens with two attached hydrogens (primary N) is 1. The summed E-state index contributed by atoms with van der Waals surface area (Å²) in [4.78, 5) is 2.25. The van der Waals surface area contributed by atoms with Crippen LogP contribution in [0.15, 0.2) is 101 Å². The minimum atomic E-state index is 0.511. The van der Waals surface area contributed by atoms with Gasteiger partial charge in [-0.2, -0.15) is 0 Å². The Morgan fingerprint density at radius 2 is 1.64 bits per heavy atom. The van der Waals surface area contributed by atoms with E-state index in [0.717, 1.165) is 45.2 Å². The molecule has 0 amide bonds.